The summed E-state index contributed by atoms with van der Waals surface area (Å²) in [4.78, 5) is 5.06. The second kappa shape index (κ2) is 4.59. The molecule has 1 heterocycles. The highest BCUT2D eigenvalue weighted by atomic mass is 19.4. The Morgan fingerprint density at radius 1 is 1.38 bits per heavy atom. The van der Waals surface area contributed by atoms with Gasteiger partial charge in [-0.05, 0) is 26.0 Å². The van der Waals surface area contributed by atoms with E-state index in [1.165, 1.54) is 23.2 Å². The van der Waals surface area contributed by atoms with Crippen LogP contribution >= 0.6 is 0 Å². The van der Waals surface area contributed by atoms with Crippen molar-refractivity contribution in [1.29, 1.82) is 0 Å². The van der Waals surface area contributed by atoms with E-state index in [0.717, 1.165) is 0 Å². The zero-order valence-corrected chi connectivity index (χ0v) is 9.12. The van der Waals surface area contributed by atoms with Crippen molar-refractivity contribution >= 4 is 11.5 Å². The number of anilines is 2. The van der Waals surface area contributed by atoms with E-state index in [1.807, 2.05) is 0 Å². The Labute approximate surface area is 92.1 Å². The van der Waals surface area contributed by atoms with Crippen molar-refractivity contribution in [2.75, 3.05) is 17.2 Å². The highest BCUT2D eigenvalue weighted by molar-refractivity contribution is 5.46. The van der Waals surface area contributed by atoms with Gasteiger partial charge in [-0.2, -0.15) is 13.2 Å². The minimum Gasteiger partial charge on any atom is -0.397 e. The standard InChI is InChI=1S/C10H14F3N3/c1-7(2)16(6-10(11,12)13)9-4-3-8(14)5-15-9/h3-5,7H,6,14H2,1-2H3. The summed E-state index contributed by atoms with van der Waals surface area (Å²) in [5, 5.41) is 0. The van der Waals surface area contributed by atoms with Gasteiger partial charge in [0.15, 0.2) is 0 Å². The molecule has 0 saturated carbocycles. The number of nitrogen functional groups attached to an aromatic ring is 1. The van der Waals surface area contributed by atoms with Crippen LogP contribution < -0.4 is 10.6 Å². The minimum atomic E-state index is -4.24. The van der Waals surface area contributed by atoms with Crippen LogP contribution in [-0.2, 0) is 0 Å². The summed E-state index contributed by atoms with van der Waals surface area (Å²) in [6.45, 7) is 2.36. The number of alkyl halides is 3. The number of aromatic nitrogens is 1. The average Bonchev–Trinajstić information content (AvgIpc) is 2.14. The fraction of sp³-hybridized carbons (Fsp3) is 0.500. The zero-order chi connectivity index (χ0) is 12.3. The van der Waals surface area contributed by atoms with E-state index in [2.05, 4.69) is 4.98 Å². The molecule has 90 valence electrons. The SMILES string of the molecule is CC(C)N(CC(F)(F)F)c1ccc(N)cn1. The summed E-state index contributed by atoms with van der Waals surface area (Å²) in [7, 11) is 0. The number of nitrogens with zero attached hydrogens (tertiary/aromatic N) is 2. The maximum Gasteiger partial charge on any atom is 0.405 e. The number of pyridine rings is 1. The third-order valence-corrected chi connectivity index (χ3v) is 2.04. The van der Waals surface area contributed by atoms with Crippen molar-refractivity contribution in [2.45, 2.75) is 26.1 Å². The number of hydrogen-bond acceptors (Lipinski definition) is 3. The van der Waals surface area contributed by atoms with E-state index in [9.17, 15) is 13.2 Å². The highest BCUT2D eigenvalue weighted by Crippen LogP contribution is 2.22. The van der Waals surface area contributed by atoms with Gasteiger partial charge < -0.3 is 10.6 Å². The largest absolute Gasteiger partial charge is 0.405 e. The second-order valence-corrected chi connectivity index (χ2v) is 3.79. The van der Waals surface area contributed by atoms with Crippen molar-refractivity contribution in [1.82, 2.24) is 4.98 Å². The van der Waals surface area contributed by atoms with E-state index >= 15 is 0 Å². The predicted octanol–water partition coefficient (Wildman–Crippen LogP) is 2.44. The number of rotatable bonds is 3. The molecule has 0 aliphatic rings. The lowest BCUT2D eigenvalue weighted by atomic mass is 10.3. The predicted molar refractivity (Wildman–Crippen MR) is 57.2 cm³/mol. The van der Waals surface area contributed by atoms with Crippen LogP contribution in [0.5, 0.6) is 0 Å². The van der Waals surface area contributed by atoms with Gasteiger partial charge in [0.25, 0.3) is 0 Å². The second-order valence-electron chi connectivity index (χ2n) is 3.79. The molecule has 0 aromatic carbocycles. The van der Waals surface area contributed by atoms with Crippen molar-refractivity contribution in [3.8, 4) is 0 Å². The molecule has 16 heavy (non-hydrogen) atoms. The van der Waals surface area contributed by atoms with Gasteiger partial charge in [-0.3, -0.25) is 0 Å². The fourth-order valence-electron chi connectivity index (χ4n) is 1.29. The summed E-state index contributed by atoms with van der Waals surface area (Å²) in [5.74, 6) is 0.279. The first-order valence-electron chi connectivity index (χ1n) is 4.84. The molecular formula is C10H14F3N3. The van der Waals surface area contributed by atoms with Gasteiger partial charge in [-0.1, -0.05) is 0 Å². The summed E-state index contributed by atoms with van der Waals surface area (Å²) in [5.41, 5.74) is 5.86. The lowest BCUT2D eigenvalue weighted by Crippen LogP contribution is -2.39. The normalized spacial score (nSPS) is 11.9. The Bertz CT molecular complexity index is 332. The van der Waals surface area contributed by atoms with E-state index in [1.54, 1.807) is 13.8 Å². The molecule has 0 unspecified atom stereocenters. The Morgan fingerprint density at radius 2 is 2.00 bits per heavy atom. The van der Waals surface area contributed by atoms with Crippen molar-refractivity contribution in [3.05, 3.63) is 18.3 Å². The molecule has 1 rings (SSSR count). The monoisotopic (exact) mass is 233 g/mol. The van der Waals surface area contributed by atoms with Gasteiger partial charge in [0, 0.05) is 6.04 Å². The molecule has 0 aliphatic heterocycles. The van der Waals surface area contributed by atoms with Crippen molar-refractivity contribution < 1.29 is 13.2 Å². The molecule has 0 spiro atoms. The van der Waals surface area contributed by atoms with Crippen LogP contribution in [0.3, 0.4) is 0 Å². The van der Waals surface area contributed by atoms with Crippen molar-refractivity contribution in [3.63, 3.8) is 0 Å². The molecule has 0 aliphatic carbocycles. The number of nitrogens with two attached hydrogens (primary N) is 1. The maximum atomic E-state index is 12.3. The molecule has 1 aromatic rings. The molecule has 3 nitrogen and oxygen atoms in total. The van der Waals surface area contributed by atoms with Crippen LogP contribution in [-0.4, -0.2) is 23.7 Å². The Balaban J connectivity index is 2.90. The lowest BCUT2D eigenvalue weighted by Gasteiger charge is -2.28. The molecule has 0 fully saturated rings. The molecule has 2 N–H and O–H groups in total. The Kier molecular flexibility index (Phi) is 3.62. The van der Waals surface area contributed by atoms with Crippen LogP contribution in [0.1, 0.15) is 13.8 Å². The third-order valence-electron chi connectivity index (χ3n) is 2.04. The van der Waals surface area contributed by atoms with E-state index in [4.69, 9.17) is 5.73 Å². The molecule has 0 saturated heterocycles. The van der Waals surface area contributed by atoms with Crippen LogP contribution in [0, 0.1) is 0 Å². The van der Waals surface area contributed by atoms with Gasteiger partial charge in [0.05, 0.1) is 11.9 Å². The fourth-order valence-corrected chi connectivity index (χ4v) is 1.29. The molecule has 0 atom stereocenters. The first-order chi connectivity index (χ1) is 7.29. The van der Waals surface area contributed by atoms with Gasteiger partial charge in [-0.15, -0.1) is 0 Å². The van der Waals surface area contributed by atoms with Crippen molar-refractivity contribution in [2.24, 2.45) is 0 Å². The summed E-state index contributed by atoms with van der Waals surface area (Å²) in [6.07, 6.45) is -2.89. The number of hydrogen-bond donors (Lipinski definition) is 1. The molecule has 6 heteroatoms. The quantitative estimate of drug-likeness (QED) is 0.871. The van der Waals surface area contributed by atoms with Gasteiger partial charge in [-0.25, -0.2) is 4.98 Å². The topological polar surface area (TPSA) is 42.1 Å². The summed E-state index contributed by atoms with van der Waals surface area (Å²) < 4.78 is 37.0. The lowest BCUT2D eigenvalue weighted by molar-refractivity contribution is -0.120. The highest BCUT2D eigenvalue weighted by Gasteiger charge is 2.32. The Hall–Kier alpha value is -1.46. The molecule has 0 amide bonds. The van der Waals surface area contributed by atoms with Crippen LogP contribution in [0.4, 0.5) is 24.7 Å². The first-order valence-corrected chi connectivity index (χ1v) is 4.84. The first kappa shape index (κ1) is 12.6. The maximum absolute atomic E-state index is 12.3. The molecule has 0 radical (unpaired) electrons. The van der Waals surface area contributed by atoms with Crippen LogP contribution in [0.25, 0.3) is 0 Å². The number of halogens is 3. The van der Waals surface area contributed by atoms with Gasteiger partial charge in [0.2, 0.25) is 0 Å². The third kappa shape index (κ3) is 3.60. The molecule has 0 bridgehead atoms. The van der Waals surface area contributed by atoms with Crippen LogP contribution in [0.15, 0.2) is 18.3 Å². The van der Waals surface area contributed by atoms with E-state index in [0.29, 0.717) is 5.69 Å². The van der Waals surface area contributed by atoms with Gasteiger partial charge >= 0.3 is 6.18 Å². The zero-order valence-electron chi connectivity index (χ0n) is 9.12. The van der Waals surface area contributed by atoms with E-state index in [-0.39, 0.29) is 11.9 Å². The summed E-state index contributed by atoms with van der Waals surface area (Å²) in [6, 6.07) is 2.74. The van der Waals surface area contributed by atoms with Gasteiger partial charge in [0.1, 0.15) is 12.4 Å². The molecule has 1 aromatic heterocycles. The molecular weight excluding hydrogens is 219 g/mol. The Morgan fingerprint density at radius 3 is 2.38 bits per heavy atom. The van der Waals surface area contributed by atoms with Crippen LogP contribution in [0.2, 0.25) is 0 Å². The van der Waals surface area contributed by atoms with E-state index < -0.39 is 12.7 Å². The summed E-state index contributed by atoms with van der Waals surface area (Å²) >= 11 is 0. The average molecular weight is 233 g/mol. The smallest absolute Gasteiger partial charge is 0.397 e. The minimum absolute atomic E-state index is 0.279.